The van der Waals surface area contributed by atoms with Crippen LogP contribution in [0.5, 0.6) is 0 Å². The van der Waals surface area contributed by atoms with E-state index in [2.05, 4.69) is 16.0 Å². The summed E-state index contributed by atoms with van der Waals surface area (Å²) in [6.07, 6.45) is 1.29. The predicted octanol–water partition coefficient (Wildman–Crippen LogP) is -1.20. The van der Waals surface area contributed by atoms with Gasteiger partial charge in [0.05, 0.1) is 12.5 Å². The molecule has 0 aliphatic carbocycles. The third kappa shape index (κ3) is 7.45. The van der Waals surface area contributed by atoms with Crippen LogP contribution in [-0.2, 0) is 28.8 Å². The van der Waals surface area contributed by atoms with E-state index in [0.717, 1.165) is 11.3 Å². The number of likely N-dealkylation sites (tertiary alicyclic amines) is 1. The fourth-order valence-electron chi connectivity index (χ4n) is 3.23. The molecular weight excluding hydrogens is 396 g/mol. The summed E-state index contributed by atoms with van der Waals surface area (Å²) in [4.78, 5) is 71.5. The smallest absolute Gasteiger partial charge is 0.312 e. The fraction of sp³-hybridized carbons (Fsp3) is 0.684. The Labute approximate surface area is 174 Å². The molecule has 1 heterocycles. The largest absolute Gasteiger partial charge is 0.481 e. The van der Waals surface area contributed by atoms with E-state index in [4.69, 9.17) is 5.11 Å². The van der Waals surface area contributed by atoms with Crippen LogP contribution in [0, 0.1) is 5.92 Å². The molecule has 0 spiro atoms. The zero-order valence-corrected chi connectivity index (χ0v) is 17.5. The van der Waals surface area contributed by atoms with Crippen LogP contribution in [0.2, 0.25) is 0 Å². The lowest BCUT2D eigenvalue weighted by atomic mass is 9.99. The van der Waals surface area contributed by atoms with E-state index in [-0.39, 0.29) is 31.0 Å². The molecule has 1 aliphatic rings. The maximum absolute atomic E-state index is 12.6. The minimum atomic E-state index is -1.25. The first kappa shape index (κ1) is 25.1. The molecule has 0 bridgehead atoms. The molecule has 11 nitrogen and oxygen atoms in total. The molecule has 11 heteroatoms. The van der Waals surface area contributed by atoms with Gasteiger partial charge in [-0.2, -0.15) is 0 Å². The number of aldehydes is 1. The number of rotatable bonds is 10. The van der Waals surface area contributed by atoms with Gasteiger partial charge in [0.15, 0.2) is 0 Å². The zero-order valence-electron chi connectivity index (χ0n) is 17.5. The number of hydrogen-bond acceptors (Lipinski definition) is 6. The zero-order chi connectivity index (χ0) is 22.8. The first-order valence-electron chi connectivity index (χ1n) is 9.94. The maximum Gasteiger partial charge on any atom is 0.312 e. The lowest BCUT2D eigenvalue weighted by molar-refractivity contribution is -0.148. The van der Waals surface area contributed by atoms with Gasteiger partial charge >= 0.3 is 17.8 Å². The van der Waals surface area contributed by atoms with Crippen LogP contribution < -0.4 is 16.0 Å². The van der Waals surface area contributed by atoms with Crippen molar-refractivity contribution in [3.8, 4) is 0 Å². The van der Waals surface area contributed by atoms with Crippen molar-refractivity contribution in [3.05, 3.63) is 0 Å². The normalized spacial score (nSPS) is 18.6. The second-order valence-electron chi connectivity index (χ2n) is 7.41. The summed E-state index contributed by atoms with van der Waals surface area (Å²) in [5, 5.41) is 16.3. The molecule has 4 amide bonds. The summed E-state index contributed by atoms with van der Waals surface area (Å²) in [5.74, 6) is -3.89. The van der Waals surface area contributed by atoms with Gasteiger partial charge in [0.2, 0.25) is 11.8 Å². The summed E-state index contributed by atoms with van der Waals surface area (Å²) in [5.41, 5.74) is 0. The van der Waals surface area contributed by atoms with E-state index in [1.807, 2.05) is 13.8 Å². The fourth-order valence-corrected chi connectivity index (χ4v) is 3.23. The molecule has 0 unspecified atom stereocenters. The molecule has 0 aromatic carbocycles. The van der Waals surface area contributed by atoms with E-state index in [1.54, 1.807) is 0 Å². The molecule has 30 heavy (non-hydrogen) atoms. The van der Waals surface area contributed by atoms with E-state index in [9.17, 15) is 28.8 Å². The third-order valence-electron chi connectivity index (χ3n) is 5.10. The average Bonchev–Trinajstić information content (AvgIpc) is 3.18. The van der Waals surface area contributed by atoms with Crippen molar-refractivity contribution >= 4 is 35.9 Å². The van der Waals surface area contributed by atoms with Crippen LogP contribution in [0.15, 0.2) is 0 Å². The van der Waals surface area contributed by atoms with Crippen LogP contribution >= 0.6 is 0 Å². The van der Waals surface area contributed by atoms with Gasteiger partial charge in [-0.1, -0.05) is 20.3 Å². The molecular formula is C19H30N4O7. The van der Waals surface area contributed by atoms with Gasteiger partial charge in [-0.15, -0.1) is 0 Å². The monoisotopic (exact) mass is 426 g/mol. The quantitative estimate of drug-likeness (QED) is 0.252. The Balaban J connectivity index is 2.72. The number of amides is 4. The Kier molecular flexibility index (Phi) is 9.93. The first-order valence-corrected chi connectivity index (χ1v) is 9.94. The molecule has 168 valence electrons. The molecule has 0 saturated carbocycles. The van der Waals surface area contributed by atoms with Gasteiger partial charge < -0.3 is 30.8 Å². The Bertz CT molecular complexity index is 682. The van der Waals surface area contributed by atoms with Crippen molar-refractivity contribution < 1.29 is 33.9 Å². The van der Waals surface area contributed by atoms with Crippen molar-refractivity contribution in [2.75, 3.05) is 13.1 Å². The van der Waals surface area contributed by atoms with E-state index in [0.29, 0.717) is 19.1 Å². The number of nitrogens with zero attached hydrogens (tertiary/aromatic N) is 1. The van der Waals surface area contributed by atoms with Crippen LogP contribution in [0.1, 0.15) is 46.5 Å². The van der Waals surface area contributed by atoms with Crippen molar-refractivity contribution in [3.63, 3.8) is 0 Å². The highest BCUT2D eigenvalue weighted by atomic mass is 16.4. The van der Waals surface area contributed by atoms with Crippen molar-refractivity contribution in [2.24, 2.45) is 5.92 Å². The molecule has 0 aromatic heterocycles. The van der Waals surface area contributed by atoms with Crippen LogP contribution in [0.3, 0.4) is 0 Å². The second-order valence-corrected chi connectivity index (χ2v) is 7.41. The van der Waals surface area contributed by atoms with Gasteiger partial charge in [-0.25, -0.2) is 0 Å². The second kappa shape index (κ2) is 11.9. The third-order valence-corrected chi connectivity index (χ3v) is 5.10. The Morgan fingerprint density at radius 3 is 2.40 bits per heavy atom. The van der Waals surface area contributed by atoms with Gasteiger partial charge in [-0.05, 0) is 18.8 Å². The van der Waals surface area contributed by atoms with Crippen molar-refractivity contribution in [2.45, 2.75) is 64.6 Å². The Morgan fingerprint density at radius 1 is 1.20 bits per heavy atom. The van der Waals surface area contributed by atoms with Crippen molar-refractivity contribution in [1.82, 2.24) is 20.9 Å². The molecule has 1 fully saturated rings. The van der Waals surface area contributed by atoms with Gasteiger partial charge in [0, 0.05) is 26.1 Å². The molecule has 1 aliphatic heterocycles. The SMILES string of the molecule is CC[C@H](C)[C@@H](CNC(=O)C(=O)N1CCC[C@H]1C(=O)N[C@H](C=O)CC(=O)O)NC(C)=O. The average molecular weight is 426 g/mol. The number of carbonyl (C=O) groups excluding carboxylic acids is 5. The lowest BCUT2D eigenvalue weighted by Crippen LogP contribution is -2.54. The number of nitrogens with one attached hydrogen (secondary N) is 3. The van der Waals surface area contributed by atoms with Crippen LogP contribution in [0.4, 0.5) is 0 Å². The first-order chi connectivity index (χ1) is 14.1. The number of carbonyl (C=O) groups is 6. The summed E-state index contributed by atoms with van der Waals surface area (Å²) >= 11 is 0. The van der Waals surface area contributed by atoms with Gasteiger partial charge in [0.1, 0.15) is 12.3 Å². The summed E-state index contributed by atoms with van der Waals surface area (Å²) < 4.78 is 0. The lowest BCUT2D eigenvalue weighted by Gasteiger charge is -2.26. The number of aliphatic carboxylic acids is 1. The van der Waals surface area contributed by atoms with E-state index in [1.165, 1.54) is 6.92 Å². The molecule has 1 rings (SSSR count). The Hall–Kier alpha value is -2.98. The predicted molar refractivity (Wildman–Crippen MR) is 105 cm³/mol. The van der Waals surface area contributed by atoms with Crippen LogP contribution in [0.25, 0.3) is 0 Å². The van der Waals surface area contributed by atoms with Crippen LogP contribution in [-0.4, -0.2) is 77.1 Å². The van der Waals surface area contributed by atoms with E-state index < -0.39 is 42.2 Å². The summed E-state index contributed by atoms with van der Waals surface area (Å²) in [7, 11) is 0. The Morgan fingerprint density at radius 2 is 1.87 bits per heavy atom. The van der Waals surface area contributed by atoms with Gasteiger partial charge in [-0.3, -0.25) is 24.0 Å². The van der Waals surface area contributed by atoms with E-state index >= 15 is 0 Å². The minimum Gasteiger partial charge on any atom is -0.481 e. The van der Waals surface area contributed by atoms with Gasteiger partial charge in [0.25, 0.3) is 0 Å². The van der Waals surface area contributed by atoms with Crippen molar-refractivity contribution in [1.29, 1.82) is 0 Å². The maximum atomic E-state index is 12.6. The summed E-state index contributed by atoms with van der Waals surface area (Å²) in [6.45, 7) is 5.48. The molecule has 4 atom stereocenters. The number of carboxylic acids is 1. The molecule has 0 aromatic rings. The highest BCUT2D eigenvalue weighted by Gasteiger charge is 2.37. The number of hydrogen-bond donors (Lipinski definition) is 4. The standard InChI is InChI=1S/C19H30N4O7/c1-4-11(2)14(21-12(3)25)9-20-18(29)19(30)23-7-5-6-15(23)17(28)22-13(10-24)8-16(26)27/h10-11,13-15H,4-9H2,1-3H3,(H,20,29)(H,21,25)(H,22,28)(H,26,27)/t11-,13-,14+,15-/m0/s1. The number of carboxylic acid groups (broad SMARTS) is 1. The topological polar surface area (TPSA) is 162 Å². The summed E-state index contributed by atoms with van der Waals surface area (Å²) in [6, 6.07) is -2.51. The highest BCUT2D eigenvalue weighted by Crippen LogP contribution is 2.18. The molecule has 4 N–H and O–H groups in total. The molecule has 0 radical (unpaired) electrons. The highest BCUT2D eigenvalue weighted by molar-refractivity contribution is 6.35. The minimum absolute atomic E-state index is 0.0652. The molecule has 1 saturated heterocycles.